The Balaban J connectivity index is 1.70. The van der Waals surface area contributed by atoms with Crippen molar-refractivity contribution in [3.8, 4) is 6.07 Å². The Bertz CT molecular complexity index is 968. The zero-order chi connectivity index (χ0) is 19.2. The molecule has 0 aliphatic rings. The van der Waals surface area contributed by atoms with Gasteiger partial charge in [0.05, 0.1) is 0 Å². The first-order chi connectivity index (χ1) is 13.0. The van der Waals surface area contributed by atoms with Crippen LogP contribution in [0.15, 0.2) is 36.5 Å². The van der Waals surface area contributed by atoms with Crippen LogP contribution in [-0.2, 0) is 0 Å². The highest BCUT2D eigenvalue weighted by Crippen LogP contribution is 2.20. The molecule has 1 aromatic carbocycles. The molecular weight excluding hydrogens is 344 g/mol. The van der Waals surface area contributed by atoms with Gasteiger partial charge in [0.25, 0.3) is 0 Å². The van der Waals surface area contributed by atoms with Crippen LogP contribution in [0, 0.1) is 18.3 Å². The number of benzene rings is 1. The third kappa shape index (κ3) is 4.55. The van der Waals surface area contributed by atoms with Crippen molar-refractivity contribution in [1.82, 2.24) is 30.6 Å². The molecule has 0 aliphatic heterocycles. The first kappa shape index (κ1) is 17.8. The number of nitrogens with zero attached hydrogens (tertiary/aromatic N) is 7. The number of aromatic amines is 1. The summed E-state index contributed by atoms with van der Waals surface area (Å²) >= 11 is 0. The zero-order valence-electron chi connectivity index (χ0n) is 15.1. The van der Waals surface area contributed by atoms with Gasteiger partial charge in [-0.3, -0.25) is 0 Å². The third-order valence-corrected chi connectivity index (χ3v) is 3.53. The van der Waals surface area contributed by atoms with E-state index in [-0.39, 0.29) is 11.4 Å². The van der Waals surface area contributed by atoms with Crippen molar-refractivity contribution in [1.29, 1.82) is 5.26 Å². The number of aryl methyl sites for hydroxylation is 1. The molecule has 0 fully saturated rings. The van der Waals surface area contributed by atoms with Gasteiger partial charge in [-0.05, 0) is 36.4 Å². The van der Waals surface area contributed by atoms with Crippen molar-refractivity contribution >= 4 is 28.6 Å². The van der Waals surface area contributed by atoms with E-state index in [0.717, 1.165) is 23.0 Å². The van der Waals surface area contributed by atoms with Gasteiger partial charge in [-0.1, -0.05) is 0 Å². The summed E-state index contributed by atoms with van der Waals surface area (Å²) in [6.45, 7) is 1.86. The molecule has 0 saturated heterocycles. The van der Waals surface area contributed by atoms with Crippen LogP contribution < -0.4 is 15.5 Å². The molecule has 3 aromatic rings. The molecular formula is C17H18N10. The number of aromatic nitrogens is 6. The lowest BCUT2D eigenvalue weighted by molar-refractivity contribution is 0.881. The first-order valence-corrected chi connectivity index (χ1v) is 8.06. The molecule has 0 unspecified atom stereocenters. The maximum atomic E-state index is 9.16. The maximum Gasteiger partial charge on any atom is 0.216 e. The summed E-state index contributed by atoms with van der Waals surface area (Å²) < 4.78 is 0. The molecule has 136 valence electrons. The fourth-order valence-electron chi connectivity index (χ4n) is 2.22. The minimum absolute atomic E-state index is 0.235. The summed E-state index contributed by atoms with van der Waals surface area (Å²) in [5.41, 5.74) is 1.97. The summed E-state index contributed by atoms with van der Waals surface area (Å²) in [5.74, 6) is 2.48. The Morgan fingerprint density at radius 1 is 1.19 bits per heavy atom. The number of H-pyrrole nitrogens is 1. The van der Waals surface area contributed by atoms with Crippen LogP contribution in [0.1, 0.15) is 11.6 Å². The Morgan fingerprint density at radius 2 is 1.93 bits per heavy atom. The quantitative estimate of drug-likeness (QED) is 0.564. The van der Waals surface area contributed by atoms with Gasteiger partial charge in [-0.2, -0.15) is 10.5 Å². The predicted molar refractivity (Wildman–Crippen MR) is 102 cm³/mol. The number of anilines is 4. The maximum absolute atomic E-state index is 9.16. The van der Waals surface area contributed by atoms with Crippen LogP contribution in [0.5, 0.6) is 0 Å². The predicted octanol–water partition coefficient (Wildman–Crippen LogP) is 2.08. The Morgan fingerprint density at radius 3 is 2.56 bits per heavy atom. The lowest BCUT2D eigenvalue weighted by atomic mass is 10.2. The van der Waals surface area contributed by atoms with E-state index >= 15 is 0 Å². The summed E-state index contributed by atoms with van der Waals surface area (Å²) in [6, 6.07) is 11.5. The largest absolute Gasteiger partial charge is 0.363 e. The van der Waals surface area contributed by atoms with E-state index in [9.17, 15) is 0 Å². The van der Waals surface area contributed by atoms with E-state index in [4.69, 9.17) is 5.26 Å². The third-order valence-electron chi connectivity index (χ3n) is 3.53. The summed E-state index contributed by atoms with van der Waals surface area (Å²) in [5, 5.41) is 28.8. The van der Waals surface area contributed by atoms with E-state index < -0.39 is 0 Å². The SMILES string of the molecule is Cc1nc(Nc2ccc(NC=C(C#N)c3nn[nH]n3)cc2)cc(N(C)C)n1. The topological polar surface area (TPSA) is 131 Å². The van der Waals surface area contributed by atoms with Crippen LogP contribution in [0.25, 0.3) is 5.57 Å². The number of nitrogens with one attached hydrogen (secondary N) is 3. The van der Waals surface area contributed by atoms with Gasteiger partial charge < -0.3 is 15.5 Å². The molecule has 0 spiro atoms. The lowest BCUT2D eigenvalue weighted by Gasteiger charge is -2.14. The zero-order valence-corrected chi connectivity index (χ0v) is 15.1. The average molecular weight is 362 g/mol. The molecule has 0 atom stereocenters. The second kappa shape index (κ2) is 7.92. The van der Waals surface area contributed by atoms with E-state index in [1.54, 1.807) is 0 Å². The first-order valence-electron chi connectivity index (χ1n) is 8.06. The van der Waals surface area contributed by atoms with Crippen LogP contribution >= 0.6 is 0 Å². The number of hydrogen-bond acceptors (Lipinski definition) is 9. The number of hydrogen-bond donors (Lipinski definition) is 3. The average Bonchev–Trinajstić information content (AvgIpc) is 3.17. The van der Waals surface area contributed by atoms with Gasteiger partial charge in [0.15, 0.2) is 0 Å². The van der Waals surface area contributed by atoms with E-state index in [1.807, 2.05) is 62.3 Å². The number of rotatable bonds is 6. The second-order valence-corrected chi connectivity index (χ2v) is 5.80. The van der Waals surface area contributed by atoms with Crippen LogP contribution in [0.3, 0.4) is 0 Å². The van der Waals surface area contributed by atoms with Crippen molar-refractivity contribution < 1.29 is 0 Å². The molecule has 3 rings (SSSR count). The molecule has 10 nitrogen and oxygen atoms in total. The van der Waals surface area contributed by atoms with E-state index in [1.165, 1.54) is 6.20 Å². The molecule has 0 amide bonds. The van der Waals surface area contributed by atoms with Gasteiger partial charge in [-0.15, -0.1) is 10.2 Å². The fourth-order valence-corrected chi connectivity index (χ4v) is 2.22. The minimum atomic E-state index is 0.235. The molecule has 0 aliphatic carbocycles. The van der Waals surface area contributed by atoms with E-state index in [2.05, 4.69) is 41.2 Å². The molecule has 0 radical (unpaired) electrons. The molecule has 10 heteroatoms. The van der Waals surface area contributed by atoms with Crippen molar-refractivity contribution in [2.75, 3.05) is 29.6 Å². The van der Waals surface area contributed by atoms with Crippen LogP contribution in [-0.4, -0.2) is 44.7 Å². The van der Waals surface area contributed by atoms with Crippen molar-refractivity contribution in [2.24, 2.45) is 0 Å². The van der Waals surface area contributed by atoms with Gasteiger partial charge in [0.1, 0.15) is 29.1 Å². The number of allylic oxidation sites excluding steroid dienone is 1. The highest BCUT2D eigenvalue weighted by molar-refractivity contribution is 5.74. The number of nitriles is 1. The van der Waals surface area contributed by atoms with Crippen LogP contribution in [0.2, 0.25) is 0 Å². The molecule has 3 N–H and O–H groups in total. The molecule has 2 heterocycles. The Hall–Kier alpha value is -4.00. The standard InChI is InChI=1S/C17H18N10/c1-11-20-15(8-16(21-11)27(2)3)22-14-6-4-13(5-7-14)19-10-12(9-18)17-23-25-26-24-17/h4-8,10,19H,1-3H3,(H,20,21,22)(H,23,24,25,26). The van der Waals surface area contributed by atoms with Crippen molar-refractivity contribution in [3.05, 3.63) is 48.2 Å². The normalized spacial score (nSPS) is 11.0. The minimum Gasteiger partial charge on any atom is -0.363 e. The monoisotopic (exact) mass is 362 g/mol. The van der Waals surface area contributed by atoms with Gasteiger partial charge >= 0.3 is 0 Å². The highest BCUT2D eigenvalue weighted by atomic mass is 15.5. The highest BCUT2D eigenvalue weighted by Gasteiger charge is 2.06. The van der Waals surface area contributed by atoms with Gasteiger partial charge in [-0.25, -0.2) is 9.97 Å². The van der Waals surface area contributed by atoms with Crippen LogP contribution in [0.4, 0.5) is 23.0 Å². The van der Waals surface area contributed by atoms with Gasteiger partial charge in [0.2, 0.25) is 5.82 Å². The second-order valence-electron chi connectivity index (χ2n) is 5.80. The molecule has 0 bridgehead atoms. The molecule has 27 heavy (non-hydrogen) atoms. The van der Waals surface area contributed by atoms with Crippen molar-refractivity contribution in [2.45, 2.75) is 6.92 Å². The summed E-state index contributed by atoms with van der Waals surface area (Å²) in [4.78, 5) is 10.7. The Kier molecular flexibility index (Phi) is 5.22. The lowest BCUT2D eigenvalue weighted by Crippen LogP contribution is -2.12. The number of tetrazole rings is 1. The molecule has 0 saturated carbocycles. The smallest absolute Gasteiger partial charge is 0.216 e. The summed E-state index contributed by atoms with van der Waals surface area (Å²) in [7, 11) is 3.87. The van der Waals surface area contributed by atoms with Crippen molar-refractivity contribution in [3.63, 3.8) is 0 Å². The Labute approximate surface area is 156 Å². The van der Waals surface area contributed by atoms with E-state index in [0.29, 0.717) is 5.82 Å². The molecule has 2 aromatic heterocycles. The summed E-state index contributed by atoms with van der Waals surface area (Å²) in [6.07, 6.45) is 1.53. The fraction of sp³-hybridized carbons (Fsp3) is 0.176. The van der Waals surface area contributed by atoms with Gasteiger partial charge in [0, 0.05) is 37.7 Å².